The molecule has 88 valence electrons. The van der Waals surface area contributed by atoms with Gasteiger partial charge in [0.2, 0.25) is 0 Å². The molecule has 5 heteroatoms. The lowest BCUT2D eigenvalue weighted by Gasteiger charge is -2.18. The molecule has 0 aromatic rings. The van der Waals surface area contributed by atoms with Gasteiger partial charge in [-0.15, -0.1) is 0 Å². The number of hydrogen-bond donors (Lipinski definition) is 2. The SMILES string of the molecule is CCOC(=O)CCC(C)C(NC)C(=O)O. The van der Waals surface area contributed by atoms with Crippen LogP contribution in [0.1, 0.15) is 26.7 Å². The highest BCUT2D eigenvalue weighted by molar-refractivity contribution is 5.74. The molecule has 0 fully saturated rings. The van der Waals surface area contributed by atoms with Gasteiger partial charge >= 0.3 is 11.9 Å². The van der Waals surface area contributed by atoms with Gasteiger partial charge in [0.1, 0.15) is 6.04 Å². The minimum Gasteiger partial charge on any atom is -0.480 e. The lowest BCUT2D eigenvalue weighted by atomic mass is 9.97. The van der Waals surface area contributed by atoms with Crippen LogP contribution in [0.15, 0.2) is 0 Å². The minimum atomic E-state index is -0.895. The average molecular weight is 217 g/mol. The number of carboxylic acids is 1. The molecule has 2 atom stereocenters. The van der Waals surface area contributed by atoms with Crippen LogP contribution >= 0.6 is 0 Å². The molecule has 0 rings (SSSR count). The summed E-state index contributed by atoms with van der Waals surface area (Å²) in [5.74, 6) is -1.27. The third-order valence-electron chi connectivity index (χ3n) is 2.26. The van der Waals surface area contributed by atoms with Gasteiger partial charge < -0.3 is 15.2 Å². The van der Waals surface area contributed by atoms with E-state index in [0.29, 0.717) is 13.0 Å². The smallest absolute Gasteiger partial charge is 0.320 e. The molecule has 0 aliphatic heterocycles. The van der Waals surface area contributed by atoms with Crippen molar-refractivity contribution in [2.45, 2.75) is 32.7 Å². The van der Waals surface area contributed by atoms with E-state index in [1.165, 1.54) is 0 Å². The van der Waals surface area contributed by atoms with E-state index in [1.807, 2.05) is 0 Å². The van der Waals surface area contributed by atoms with Gasteiger partial charge in [-0.3, -0.25) is 9.59 Å². The van der Waals surface area contributed by atoms with E-state index in [-0.39, 0.29) is 18.3 Å². The van der Waals surface area contributed by atoms with E-state index in [2.05, 4.69) is 5.32 Å². The summed E-state index contributed by atoms with van der Waals surface area (Å²) in [5, 5.41) is 11.5. The summed E-state index contributed by atoms with van der Waals surface area (Å²) in [6.07, 6.45) is 0.775. The van der Waals surface area contributed by atoms with E-state index in [0.717, 1.165) is 0 Å². The fourth-order valence-electron chi connectivity index (χ4n) is 1.40. The lowest BCUT2D eigenvalue weighted by Crippen LogP contribution is -2.39. The van der Waals surface area contributed by atoms with Crippen LogP contribution in [0.4, 0.5) is 0 Å². The van der Waals surface area contributed by atoms with Crippen molar-refractivity contribution in [1.82, 2.24) is 5.32 Å². The van der Waals surface area contributed by atoms with Crippen LogP contribution in [0.25, 0.3) is 0 Å². The number of hydrogen-bond acceptors (Lipinski definition) is 4. The Morgan fingerprint density at radius 2 is 2.07 bits per heavy atom. The quantitative estimate of drug-likeness (QED) is 0.612. The molecule has 15 heavy (non-hydrogen) atoms. The number of nitrogens with one attached hydrogen (secondary N) is 1. The molecular weight excluding hydrogens is 198 g/mol. The van der Waals surface area contributed by atoms with Gasteiger partial charge in [-0.1, -0.05) is 6.92 Å². The van der Waals surface area contributed by atoms with Crippen molar-refractivity contribution in [3.63, 3.8) is 0 Å². The molecule has 0 radical (unpaired) electrons. The summed E-state index contributed by atoms with van der Waals surface area (Å²) in [5.41, 5.74) is 0. The van der Waals surface area contributed by atoms with E-state index in [9.17, 15) is 9.59 Å². The summed E-state index contributed by atoms with van der Waals surface area (Å²) in [6.45, 7) is 3.91. The van der Waals surface area contributed by atoms with Gasteiger partial charge in [0.05, 0.1) is 6.61 Å². The van der Waals surface area contributed by atoms with Crippen LogP contribution in [0.2, 0.25) is 0 Å². The van der Waals surface area contributed by atoms with Crippen molar-refractivity contribution in [3.05, 3.63) is 0 Å². The van der Waals surface area contributed by atoms with Crippen molar-refractivity contribution in [2.75, 3.05) is 13.7 Å². The van der Waals surface area contributed by atoms with Gasteiger partial charge in [-0.2, -0.15) is 0 Å². The van der Waals surface area contributed by atoms with Gasteiger partial charge in [0.25, 0.3) is 0 Å². The monoisotopic (exact) mass is 217 g/mol. The number of ether oxygens (including phenoxy) is 1. The molecule has 0 saturated carbocycles. The standard InChI is InChI=1S/C10H19NO4/c1-4-15-8(12)6-5-7(2)9(11-3)10(13)14/h7,9,11H,4-6H2,1-3H3,(H,13,14). The summed E-state index contributed by atoms with van der Waals surface area (Å²) in [7, 11) is 1.60. The maximum absolute atomic E-state index is 11.0. The summed E-state index contributed by atoms with van der Waals surface area (Å²) in [6, 6.07) is -0.612. The zero-order chi connectivity index (χ0) is 11.8. The largest absolute Gasteiger partial charge is 0.480 e. The highest BCUT2D eigenvalue weighted by Gasteiger charge is 2.23. The third-order valence-corrected chi connectivity index (χ3v) is 2.26. The molecule has 0 aliphatic rings. The first kappa shape index (κ1) is 13.9. The molecule has 0 aromatic heterocycles. The molecular formula is C10H19NO4. The third kappa shape index (κ3) is 5.37. The Kier molecular flexibility index (Phi) is 6.70. The predicted octanol–water partition coefficient (Wildman–Crippen LogP) is 0.638. The lowest BCUT2D eigenvalue weighted by molar-refractivity contribution is -0.145. The Bertz CT molecular complexity index is 217. The number of likely N-dealkylation sites (N-methyl/N-ethyl adjacent to an activating group) is 1. The fraction of sp³-hybridized carbons (Fsp3) is 0.800. The Labute approximate surface area is 89.8 Å². The number of carbonyl (C=O) groups excluding carboxylic acids is 1. The molecule has 0 aliphatic carbocycles. The number of esters is 1. The van der Waals surface area contributed by atoms with E-state index >= 15 is 0 Å². The zero-order valence-electron chi connectivity index (χ0n) is 9.45. The van der Waals surface area contributed by atoms with Crippen LogP contribution in [0, 0.1) is 5.92 Å². The maximum atomic E-state index is 11.0. The van der Waals surface area contributed by atoms with Gasteiger partial charge in [0.15, 0.2) is 0 Å². The second-order valence-corrected chi connectivity index (χ2v) is 3.43. The van der Waals surface area contributed by atoms with Crippen LogP contribution in [0.3, 0.4) is 0 Å². The van der Waals surface area contributed by atoms with Crippen molar-refractivity contribution in [1.29, 1.82) is 0 Å². The Balaban J connectivity index is 3.95. The molecule has 2 unspecified atom stereocenters. The van der Waals surface area contributed by atoms with Crippen LogP contribution in [-0.2, 0) is 14.3 Å². The predicted molar refractivity (Wildman–Crippen MR) is 55.5 cm³/mol. The van der Waals surface area contributed by atoms with Crippen molar-refractivity contribution in [3.8, 4) is 0 Å². The maximum Gasteiger partial charge on any atom is 0.320 e. The molecule has 0 spiro atoms. The first-order chi connectivity index (χ1) is 7.02. The molecule has 0 saturated heterocycles. The fourth-order valence-corrected chi connectivity index (χ4v) is 1.40. The number of aliphatic carboxylic acids is 1. The zero-order valence-corrected chi connectivity index (χ0v) is 9.45. The molecule has 2 N–H and O–H groups in total. The summed E-state index contributed by atoms with van der Waals surface area (Å²) < 4.78 is 4.76. The van der Waals surface area contributed by atoms with E-state index in [4.69, 9.17) is 9.84 Å². The first-order valence-electron chi connectivity index (χ1n) is 5.08. The molecule has 0 heterocycles. The molecule has 0 amide bonds. The van der Waals surface area contributed by atoms with Crippen LogP contribution in [-0.4, -0.2) is 36.7 Å². The van der Waals surface area contributed by atoms with Crippen molar-refractivity contribution in [2.24, 2.45) is 5.92 Å². The van der Waals surface area contributed by atoms with Crippen molar-refractivity contribution < 1.29 is 19.4 Å². The first-order valence-corrected chi connectivity index (χ1v) is 5.08. The highest BCUT2D eigenvalue weighted by atomic mass is 16.5. The summed E-state index contributed by atoms with van der Waals surface area (Å²) in [4.78, 5) is 21.8. The minimum absolute atomic E-state index is 0.100. The number of rotatable bonds is 7. The van der Waals surface area contributed by atoms with Gasteiger partial charge in [0, 0.05) is 6.42 Å². The Hall–Kier alpha value is -1.10. The number of carbonyl (C=O) groups is 2. The van der Waals surface area contributed by atoms with E-state index < -0.39 is 12.0 Å². The highest BCUT2D eigenvalue weighted by Crippen LogP contribution is 2.11. The molecule has 5 nitrogen and oxygen atoms in total. The Morgan fingerprint density at radius 3 is 2.47 bits per heavy atom. The normalized spacial score (nSPS) is 14.3. The summed E-state index contributed by atoms with van der Waals surface area (Å²) >= 11 is 0. The van der Waals surface area contributed by atoms with Gasteiger partial charge in [-0.25, -0.2) is 0 Å². The van der Waals surface area contributed by atoms with Crippen molar-refractivity contribution >= 4 is 11.9 Å². The average Bonchev–Trinajstić information content (AvgIpc) is 2.15. The molecule has 0 aromatic carbocycles. The van der Waals surface area contributed by atoms with E-state index in [1.54, 1.807) is 20.9 Å². The van der Waals surface area contributed by atoms with Gasteiger partial charge in [-0.05, 0) is 26.3 Å². The van der Waals surface area contributed by atoms with Crippen LogP contribution < -0.4 is 5.32 Å². The topological polar surface area (TPSA) is 75.6 Å². The Morgan fingerprint density at radius 1 is 1.47 bits per heavy atom. The number of carboxylic acid groups (broad SMARTS) is 1. The van der Waals surface area contributed by atoms with Crippen LogP contribution in [0.5, 0.6) is 0 Å². The molecule has 0 bridgehead atoms. The second-order valence-electron chi connectivity index (χ2n) is 3.43. The second kappa shape index (κ2) is 7.23.